The summed E-state index contributed by atoms with van der Waals surface area (Å²) in [6, 6.07) is 3.69. The van der Waals surface area contributed by atoms with Gasteiger partial charge in [-0.2, -0.15) is 0 Å². The average molecular weight is 308 g/mol. The maximum atomic E-state index is 13.7. The van der Waals surface area contributed by atoms with Crippen LogP contribution in [0.3, 0.4) is 0 Å². The fourth-order valence-electron chi connectivity index (χ4n) is 2.48. The normalized spacial score (nSPS) is 14.5. The predicted molar refractivity (Wildman–Crippen MR) is 77.8 cm³/mol. The summed E-state index contributed by atoms with van der Waals surface area (Å²) in [6.07, 6.45) is 2.20. The van der Waals surface area contributed by atoms with Crippen molar-refractivity contribution in [2.24, 2.45) is 0 Å². The first-order valence-corrected chi connectivity index (χ1v) is 7.06. The fraction of sp³-hybridized carbons (Fsp3) is 0.333. The molecule has 0 bridgehead atoms. The second kappa shape index (κ2) is 5.82. The number of benzene rings is 1. The molecule has 0 unspecified atom stereocenters. The third-order valence-corrected chi connectivity index (χ3v) is 3.55. The van der Waals surface area contributed by atoms with Crippen molar-refractivity contribution < 1.29 is 13.2 Å². The Morgan fingerprint density at radius 1 is 1.05 bits per heavy atom. The Morgan fingerprint density at radius 3 is 2.50 bits per heavy atom. The van der Waals surface area contributed by atoms with Gasteiger partial charge in [0.1, 0.15) is 17.5 Å². The third-order valence-electron chi connectivity index (χ3n) is 3.55. The second-order valence-corrected chi connectivity index (χ2v) is 5.20. The van der Waals surface area contributed by atoms with Crippen LogP contribution in [-0.4, -0.2) is 23.1 Å². The lowest BCUT2D eigenvalue weighted by Crippen LogP contribution is -2.19. The van der Waals surface area contributed by atoms with Gasteiger partial charge in [0.25, 0.3) is 0 Å². The summed E-state index contributed by atoms with van der Waals surface area (Å²) < 4.78 is 39.9. The van der Waals surface area contributed by atoms with E-state index in [0.29, 0.717) is 11.6 Å². The molecule has 1 aliphatic rings. The van der Waals surface area contributed by atoms with Crippen LogP contribution < -0.4 is 10.2 Å². The van der Waals surface area contributed by atoms with Gasteiger partial charge in [0, 0.05) is 19.2 Å². The SMILES string of the molecule is Cc1nc(Nc2ccc(F)c(F)c2F)cc(N2CCCC2)n1. The lowest BCUT2D eigenvalue weighted by molar-refractivity contribution is 0.449. The lowest BCUT2D eigenvalue weighted by atomic mass is 10.2. The first kappa shape index (κ1) is 14.6. The van der Waals surface area contributed by atoms with E-state index < -0.39 is 17.5 Å². The minimum Gasteiger partial charge on any atom is -0.356 e. The van der Waals surface area contributed by atoms with Crippen LogP contribution in [0.15, 0.2) is 18.2 Å². The van der Waals surface area contributed by atoms with Crippen molar-refractivity contribution in [1.29, 1.82) is 0 Å². The van der Waals surface area contributed by atoms with Crippen LogP contribution in [0.1, 0.15) is 18.7 Å². The van der Waals surface area contributed by atoms with Crippen LogP contribution in [0.2, 0.25) is 0 Å². The van der Waals surface area contributed by atoms with Crippen molar-refractivity contribution in [2.45, 2.75) is 19.8 Å². The Morgan fingerprint density at radius 2 is 1.77 bits per heavy atom. The minimum absolute atomic E-state index is 0.163. The van der Waals surface area contributed by atoms with E-state index >= 15 is 0 Å². The maximum Gasteiger partial charge on any atom is 0.196 e. The summed E-state index contributed by atoms with van der Waals surface area (Å²) in [5.41, 5.74) is -0.163. The topological polar surface area (TPSA) is 41.1 Å². The summed E-state index contributed by atoms with van der Waals surface area (Å²) in [5, 5.41) is 2.69. The quantitative estimate of drug-likeness (QED) is 0.881. The smallest absolute Gasteiger partial charge is 0.196 e. The van der Waals surface area contributed by atoms with Crippen LogP contribution in [0.25, 0.3) is 0 Å². The van der Waals surface area contributed by atoms with Crippen molar-refractivity contribution in [3.8, 4) is 0 Å². The van der Waals surface area contributed by atoms with E-state index in [4.69, 9.17) is 0 Å². The minimum atomic E-state index is -1.50. The highest BCUT2D eigenvalue weighted by Gasteiger charge is 2.17. The van der Waals surface area contributed by atoms with Gasteiger partial charge in [0.15, 0.2) is 17.5 Å². The highest BCUT2D eigenvalue weighted by molar-refractivity contribution is 5.60. The average Bonchev–Trinajstić information content (AvgIpc) is 3.02. The second-order valence-electron chi connectivity index (χ2n) is 5.20. The van der Waals surface area contributed by atoms with Crippen LogP contribution >= 0.6 is 0 Å². The number of anilines is 3. The Hall–Kier alpha value is -2.31. The molecule has 0 amide bonds. The summed E-state index contributed by atoms with van der Waals surface area (Å²) in [4.78, 5) is 10.6. The van der Waals surface area contributed by atoms with Crippen molar-refractivity contribution in [3.63, 3.8) is 0 Å². The van der Waals surface area contributed by atoms with E-state index in [1.165, 1.54) is 0 Å². The summed E-state index contributed by atoms with van der Waals surface area (Å²) in [7, 11) is 0. The first-order valence-electron chi connectivity index (χ1n) is 7.06. The summed E-state index contributed by atoms with van der Waals surface area (Å²) >= 11 is 0. The number of rotatable bonds is 3. The van der Waals surface area contributed by atoms with Gasteiger partial charge in [-0.05, 0) is 31.9 Å². The fourth-order valence-corrected chi connectivity index (χ4v) is 2.48. The van der Waals surface area contributed by atoms with E-state index in [9.17, 15) is 13.2 Å². The van der Waals surface area contributed by atoms with Gasteiger partial charge >= 0.3 is 0 Å². The zero-order chi connectivity index (χ0) is 15.7. The predicted octanol–water partition coefficient (Wildman–Crippen LogP) is 3.55. The van der Waals surface area contributed by atoms with Crippen LogP contribution in [0, 0.1) is 24.4 Å². The zero-order valence-electron chi connectivity index (χ0n) is 12.0. The molecule has 3 rings (SSSR count). The van der Waals surface area contributed by atoms with Crippen LogP contribution in [-0.2, 0) is 0 Å². The Bertz CT molecular complexity index is 699. The molecule has 2 heterocycles. The molecule has 0 spiro atoms. The van der Waals surface area contributed by atoms with E-state index in [2.05, 4.69) is 20.2 Å². The van der Waals surface area contributed by atoms with Gasteiger partial charge in [-0.25, -0.2) is 23.1 Å². The van der Waals surface area contributed by atoms with E-state index in [-0.39, 0.29) is 5.69 Å². The summed E-state index contributed by atoms with van der Waals surface area (Å²) in [5.74, 6) is -2.38. The Labute approximate surface area is 126 Å². The number of hydrogen-bond donors (Lipinski definition) is 1. The molecule has 4 nitrogen and oxygen atoms in total. The lowest BCUT2D eigenvalue weighted by Gasteiger charge is -2.18. The monoisotopic (exact) mass is 308 g/mol. The van der Waals surface area contributed by atoms with Gasteiger partial charge in [-0.3, -0.25) is 0 Å². The maximum absolute atomic E-state index is 13.7. The molecular formula is C15H15F3N4. The van der Waals surface area contributed by atoms with E-state index in [0.717, 1.165) is 43.9 Å². The number of nitrogens with one attached hydrogen (secondary N) is 1. The van der Waals surface area contributed by atoms with Gasteiger partial charge in [-0.1, -0.05) is 0 Å². The number of halogens is 3. The Balaban J connectivity index is 1.90. The molecule has 0 radical (unpaired) electrons. The standard InChI is InChI=1S/C15H15F3N4/c1-9-19-12(8-13(20-9)22-6-2-3-7-22)21-11-5-4-10(16)14(17)15(11)18/h4-5,8H,2-3,6-7H2,1H3,(H,19,20,21). The molecule has 7 heteroatoms. The molecule has 1 aliphatic heterocycles. The van der Waals surface area contributed by atoms with Crippen LogP contribution in [0.5, 0.6) is 0 Å². The molecule has 0 atom stereocenters. The van der Waals surface area contributed by atoms with Gasteiger partial charge in [-0.15, -0.1) is 0 Å². The van der Waals surface area contributed by atoms with Gasteiger partial charge in [0.2, 0.25) is 0 Å². The first-order chi connectivity index (χ1) is 10.5. The van der Waals surface area contributed by atoms with E-state index in [1.807, 2.05) is 0 Å². The molecule has 1 aromatic carbocycles. The largest absolute Gasteiger partial charge is 0.356 e. The number of aryl methyl sites for hydroxylation is 1. The third kappa shape index (κ3) is 2.84. The molecule has 1 N–H and O–H groups in total. The molecule has 116 valence electrons. The van der Waals surface area contributed by atoms with Crippen molar-refractivity contribution in [3.05, 3.63) is 41.5 Å². The molecule has 0 saturated carbocycles. The summed E-state index contributed by atoms with van der Waals surface area (Å²) in [6.45, 7) is 3.55. The number of nitrogens with zero attached hydrogens (tertiary/aromatic N) is 3. The van der Waals surface area contributed by atoms with E-state index in [1.54, 1.807) is 13.0 Å². The van der Waals surface area contributed by atoms with Crippen LogP contribution in [0.4, 0.5) is 30.5 Å². The van der Waals surface area contributed by atoms with Crippen molar-refractivity contribution >= 4 is 17.3 Å². The van der Waals surface area contributed by atoms with Crippen molar-refractivity contribution in [1.82, 2.24) is 9.97 Å². The van der Waals surface area contributed by atoms with Gasteiger partial charge in [0.05, 0.1) is 5.69 Å². The Kier molecular flexibility index (Phi) is 3.87. The molecule has 1 aromatic heterocycles. The molecule has 2 aromatic rings. The molecule has 0 aliphatic carbocycles. The van der Waals surface area contributed by atoms with Gasteiger partial charge < -0.3 is 10.2 Å². The number of hydrogen-bond acceptors (Lipinski definition) is 4. The zero-order valence-corrected chi connectivity index (χ0v) is 12.0. The number of aromatic nitrogens is 2. The highest BCUT2D eigenvalue weighted by atomic mass is 19.2. The van der Waals surface area contributed by atoms with Crippen molar-refractivity contribution in [2.75, 3.05) is 23.3 Å². The molecule has 1 saturated heterocycles. The molecule has 22 heavy (non-hydrogen) atoms. The molecule has 1 fully saturated rings. The molecular weight excluding hydrogens is 293 g/mol. The highest BCUT2D eigenvalue weighted by Crippen LogP contribution is 2.25.